The molecule has 3 nitrogen and oxygen atoms in total. The average Bonchev–Trinajstić information content (AvgIpc) is 2.29. The van der Waals surface area contributed by atoms with Crippen molar-refractivity contribution in [2.45, 2.75) is 19.3 Å². The van der Waals surface area contributed by atoms with E-state index in [1.807, 2.05) is 18.2 Å². The van der Waals surface area contributed by atoms with Gasteiger partial charge in [-0.2, -0.15) is 12.6 Å². The van der Waals surface area contributed by atoms with Gasteiger partial charge in [-0.05, 0) is 42.4 Å². The first-order valence-corrected chi connectivity index (χ1v) is 6.09. The molecule has 16 heavy (non-hydrogen) atoms. The molecular weight excluding hydrogens is 222 g/mol. The summed E-state index contributed by atoms with van der Waals surface area (Å²) in [7, 11) is 0. The lowest BCUT2D eigenvalue weighted by Gasteiger charge is -2.17. The van der Waals surface area contributed by atoms with Crippen LogP contribution < -0.4 is 10.1 Å². The Kier molecular flexibility index (Phi) is 3.72. The molecule has 1 N–H and O–H groups in total. The van der Waals surface area contributed by atoms with E-state index >= 15 is 0 Å². The Morgan fingerprint density at radius 2 is 2.25 bits per heavy atom. The Morgan fingerprint density at radius 1 is 1.38 bits per heavy atom. The van der Waals surface area contributed by atoms with Gasteiger partial charge in [0.05, 0.1) is 6.61 Å². The molecule has 0 spiro atoms. The molecule has 0 unspecified atom stereocenters. The number of carbonyl (C=O) groups excluding carboxylic acids is 1. The van der Waals surface area contributed by atoms with Gasteiger partial charge in [0, 0.05) is 12.1 Å². The Bertz CT molecular complexity index is 393. The van der Waals surface area contributed by atoms with Crippen LogP contribution in [0.2, 0.25) is 0 Å². The van der Waals surface area contributed by atoms with Crippen molar-refractivity contribution in [2.75, 3.05) is 17.7 Å². The van der Waals surface area contributed by atoms with Crippen LogP contribution in [0.15, 0.2) is 18.2 Å². The number of carbonyl (C=O) groups is 1. The van der Waals surface area contributed by atoms with Crippen molar-refractivity contribution in [3.05, 3.63) is 23.8 Å². The topological polar surface area (TPSA) is 38.3 Å². The fraction of sp³-hybridized carbons (Fsp3) is 0.417. The molecule has 1 amide bonds. The first-order chi connectivity index (χ1) is 7.79. The number of thiol groups is 1. The smallest absolute Gasteiger partial charge is 0.224 e. The van der Waals surface area contributed by atoms with Crippen LogP contribution >= 0.6 is 12.6 Å². The van der Waals surface area contributed by atoms with Crippen molar-refractivity contribution in [3.8, 4) is 5.75 Å². The molecule has 0 aliphatic carbocycles. The summed E-state index contributed by atoms with van der Waals surface area (Å²) in [4.78, 5) is 11.2. The van der Waals surface area contributed by atoms with E-state index in [0.717, 1.165) is 35.6 Å². The standard InChI is InChI=1S/C12H15NO2S/c14-12-5-2-9-8-10(15-6-1-7-16)3-4-11(9)13-12/h3-4,8,16H,1-2,5-7H2,(H,13,14). The van der Waals surface area contributed by atoms with Crippen molar-refractivity contribution in [3.63, 3.8) is 0 Å². The van der Waals surface area contributed by atoms with E-state index in [9.17, 15) is 4.79 Å². The molecule has 1 aliphatic rings. The molecule has 0 bridgehead atoms. The highest BCUT2D eigenvalue weighted by atomic mass is 32.1. The third-order valence-electron chi connectivity index (χ3n) is 2.54. The zero-order valence-corrected chi connectivity index (χ0v) is 9.93. The van der Waals surface area contributed by atoms with Gasteiger partial charge in [-0.15, -0.1) is 0 Å². The summed E-state index contributed by atoms with van der Waals surface area (Å²) < 4.78 is 5.58. The molecule has 2 rings (SSSR count). The van der Waals surface area contributed by atoms with Crippen molar-refractivity contribution in [1.29, 1.82) is 0 Å². The molecule has 4 heteroatoms. The van der Waals surface area contributed by atoms with E-state index in [1.165, 1.54) is 0 Å². The minimum absolute atomic E-state index is 0.0937. The summed E-state index contributed by atoms with van der Waals surface area (Å²) in [5, 5.41) is 2.85. The van der Waals surface area contributed by atoms with Crippen LogP contribution in [-0.4, -0.2) is 18.3 Å². The second kappa shape index (κ2) is 5.25. The van der Waals surface area contributed by atoms with Gasteiger partial charge in [0.2, 0.25) is 5.91 Å². The molecule has 0 saturated carbocycles. The van der Waals surface area contributed by atoms with E-state index in [2.05, 4.69) is 17.9 Å². The number of hydrogen-bond acceptors (Lipinski definition) is 3. The molecule has 1 aromatic carbocycles. The minimum atomic E-state index is 0.0937. The Balaban J connectivity index is 2.04. The molecule has 0 atom stereocenters. The monoisotopic (exact) mass is 237 g/mol. The van der Waals surface area contributed by atoms with Crippen molar-refractivity contribution in [2.24, 2.45) is 0 Å². The molecule has 1 heterocycles. The number of benzene rings is 1. The van der Waals surface area contributed by atoms with Crippen LogP contribution in [0.25, 0.3) is 0 Å². The van der Waals surface area contributed by atoms with Gasteiger partial charge in [-0.1, -0.05) is 0 Å². The van der Waals surface area contributed by atoms with Crippen molar-refractivity contribution >= 4 is 24.2 Å². The highest BCUT2D eigenvalue weighted by Gasteiger charge is 2.14. The van der Waals surface area contributed by atoms with Gasteiger partial charge in [-0.3, -0.25) is 4.79 Å². The third-order valence-corrected chi connectivity index (χ3v) is 2.86. The Labute approximate surface area is 101 Å². The predicted octanol–water partition coefficient (Wildman–Crippen LogP) is 2.27. The van der Waals surface area contributed by atoms with Gasteiger partial charge in [0.15, 0.2) is 0 Å². The highest BCUT2D eigenvalue weighted by Crippen LogP contribution is 2.26. The van der Waals surface area contributed by atoms with E-state index in [0.29, 0.717) is 13.0 Å². The Morgan fingerprint density at radius 3 is 3.06 bits per heavy atom. The fourth-order valence-corrected chi connectivity index (χ4v) is 1.83. The molecule has 0 radical (unpaired) electrons. The van der Waals surface area contributed by atoms with Gasteiger partial charge >= 0.3 is 0 Å². The molecular formula is C12H15NO2S. The number of fused-ring (bicyclic) bond motifs is 1. The SMILES string of the molecule is O=C1CCc2cc(OCCCS)ccc2N1. The molecule has 0 saturated heterocycles. The van der Waals surface area contributed by atoms with E-state index in [1.54, 1.807) is 0 Å². The van der Waals surface area contributed by atoms with Gasteiger partial charge in [-0.25, -0.2) is 0 Å². The molecule has 1 aromatic rings. The molecule has 86 valence electrons. The summed E-state index contributed by atoms with van der Waals surface area (Å²) in [6.45, 7) is 0.689. The number of amides is 1. The van der Waals surface area contributed by atoms with Crippen LogP contribution in [0.4, 0.5) is 5.69 Å². The van der Waals surface area contributed by atoms with Crippen LogP contribution in [-0.2, 0) is 11.2 Å². The quantitative estimate of drug-likeness (QED) is 0.623. The van der Waals surface area contributed by atoms with Crippen LogP contribution in [0.5, 0.6) is 5.75 Å². The molecule has 1 aliphatic heterocycles. The maximum Gasteiger partial charge on any atom is 0.224 e. The van der Waals surface area contributed by atoms with Crippen LogP contribution in [0, 0.1) is 0 Å². The average molecular weight is 237 g/mol. The number of nitrogens with one attached hydrogen (secondary N) is 1. The summed E-state index contributed by atoms with van der Waals surface area (Å²) in [5.41, 5.74) is 2.07. The summed E-state index contributed by atoms with van der Waals surface area (Å²) >= 11 is 4.13. The van der Waals surface area contributed by atoms with Gasteiger partial charge < -0.3 is 10.1 Å². The van der Waals surface area contributed by atoms with Crippen molar-refractivity contribution < 1.29 is 9.53 Å². The number of ether oxygens (including phenoxy) is 1. The Hall–Kier alpha value is -1.16. The summed E-state index contributed by atoms with van der Waals surface area (Å²) in [6.07, 6.45) is 2.30. The number of anilines is 1. The van der Waals surface area contributed by atoms with Crippen LogP contribution in [0.1, 0.15) is 18.4 Å². The highest BCUT2D eigenvalue weighted by molar-refractivity contribution is 7.80. The van der Waals surface area contributed by atoms with Gasteiger partial charge in [0.1, 0.15) is 5.75 Å². The zero-order valence-electron chi connectivity index (χ0n) is 9.03. The van der Waals surface area contributed by atoms with E-state index < -0.39 is 0 Å². The lowest BCUT2D eigenvalue weighted by molar-refractivity contribution is -0.116. The number of rotatable bonds is 4. The number of hydrogen-bond donors (Lipinski definition) is 2. The first kappa shape index (κ1) is 11.3. The van der Waals surface area contributed by atoms with Crippen LogP contribution in [0.3, 0.4) is 0 Å². The third kappa shape index (κ3) is 2.70. The lowest BCUT2D eigenvalue weighted by atomic mass is 10.0. The van der Waals surface area contributed by atoms with Gasteiger partial charge in [0.25, 0.3) is 0 Å². The largest absolute Gasteiger partial charge is 0.494 e. The molecule has 0 aromatic heterocycles. The first-order valence-electron chi connectivity index (χ1n) is 5.46. The van der Waals surface area contributed by atoms with E-state index in [-0.39, 0.29) is 5.91 Å². The summed E-state index contributed by atoms with van der Waals surface area (Å²) in [6, 6.07) is 5.80. The lowest BCUT2D eigenvalue weighted by Crippen LogP contribution is -2.18. The van der Waals surface area contributed by atoms with Crippen molar-refractivity contribution in [1.82, 2.24) is 0 Å². The van der Waals surface area contributed by atoms with E-state index in [4.69, 9.17) is 4.74 Å². The minimum Gasteiger partial charge on any atom is -0.494 e. The second-order valence-corrected chi connectivity index (χ2v) is 4.24. The summed E-state index contributed by atoms with van der Waals surface area (Å²) in [5.74, 6) is 1.80. The number of aryl methyl sites for hydroxylation is 1. The molecule has 0 fully saturated rings. The fourth-order valence-electron chi connectivity index (χ4n) is 1.70. The maximum absolute atomic E-state index is 11.2. The maximum atomic E-state index is 11.2. The second-order valence-electron chi connectivity index (χ2n) is 3.79. The normalized spacial score (nSPS) is 14.2. The zero-order chi connectivity index (χ0) is 11.4. The predicted molar refractivity (Wildman–Crippen MR) is 67.4 cm³/mol.